The Morgan fingerprint density at radius 1 is 1.21 bits per heavy atom. The van der Waals surface area contributed by atoms with E-state index < -0.39 is 10.0 Å². The molecule has 11 heteroatoms. The van der Waals surface area contributed by atoms with Gasteiger partial charge >= 0.3 is 0 Å². The standard InChI is InChI=1S/C22H35N3O7S/c1-29-18-7-6-17(20-21(18)32-13-5-12-31-20)22(26)23-14-16-8-11-25(15-19(16)30-2)10-4-9-24-33(3,27)28/h6-7,16,19,24H,4-5,8-15H2,1-3H3,(H,23,26)/t16?,19-/m1/s1. The van der Waals surface area contributed by atoms with E-state index in [1.165, 1.54) is 0 Å². The third-order valence-electron chi connectivity index (χ3n) is 5.95. The van der Waals surface area contributed by atoms with Crippen molar-refractivity contribution in [2.45, 2.75) is 25.4 Å². The summed E-state index contributed by atoms with van der Waals surface area (Å²) in [6, 6.07) is 3.42. The topological polar surface area (TPSA) is 115 Å². The monoisotopic (exact) mass is 485 g/mol. The minimum absolute atomic E-state index is 0.0190. The fourth-order valence-corrected chi connectivity index (χ4v) is 4.70. The molecule has 0 spiro atoms. The third-order valence-corrected chi connectivity index (χ3v) is 6.67. The van der Waals surface area contributed by atoms with Gasteiger partial charge in [-0.25, -0.2) is 13.1 Å². The number of likely N-dealkylation sites (tertiary alicyclic amines) is 1. The van der Waals surface area contributed by atoms with Gasteiger partial charge in [0.1, 0.15) is 0 Å². The van der Waals surface area contributed by atoms with Crippen LogP contribution in [0.5, 0.6) is 17.2 Å². The molecule has 2 aliphatic rings. The summed E-state index contributed by atoms with van der Waals surface area (Å²) in [7, 11) is 0.0830. The summed E-state index contributed by atoms with van der Waals surface area (Å²) in [5, 5.41) is 3.03. The van der Waals surface area contributed by atoms with Crippen molar-refractivity contribution in [3.63, 3.8) is 0 Å². The van der Waals surface area contributed by atoms with Crippen LogP contribution in [-0.2, 0) is 14.8 Å². The van der Waals surface area contributed by atoms with Gasteiger partial charge in [-0.2, -0.15) is 0 Å². The van der Waals surface area contributed by atoms with E-state index in [0.29, 0.717) is 49.1 Å². The summed E-state index contributed by atoms with van der Waals surface area (Å²) in [5.74, 6) is 1.39. The van der Waals surface area contributed by atoms with Gasteiger partial charge in [-0.15, -0.1) is 0 Å². The van der Waals surface area contributed by atoms with Crippen LogP contribution in [0, 0.1) is 5.92 Å². The van der Waals surface area contributed by atoms with Crippen LogP contribution in [-0.4, -0.2) is 91.7 Å². The van der Waals surface area contributed by atoms with Crippen LogP contribution in [0.4, 0.5) is 0 Å². The lowest BCUT2D eigenvalue weighted by atomic mass is 9.93. The molecule has 2 atom stereocenters. The lowest BCUT2D eigenvalue weighted by molar-refractivity contribution is -0.0105. The number of ether oxygens (including phenoxy) is 4. The Bertz CT molecular complexity index is 909. The maximum absolute atomic E-state index is 13.0. The van der Waals surface area contributed by atoms with Crippen LogP contribution in [0.2, 0.25) is 0 Å². The number of rotatable bonds is 10. The van der Waals surface area contributed by atoms with Crippen LogP contribution in [0.3, 0.4) is 0 Å². The third kappa shape index (κ3) is 7.20. The highest BCUT2D eigenvalue weighted by Crippen LogP contribution is 2.41. The van der Waals surface area contributed by atoms with Gasteiger partial charge in [-0.05, 0) is 38.1 Å². The Kier molecular flexibility index (Phi) is 9.19. The van der Waals surface area contributed by atoms with E-state index in [1.807, 2.05) is 0 Å². The molecule has 0 saturated carbocycles. The van der Waals surface area contributed by atoms with Gasteiger partial charge in [0, 0.05) is 39.1 Å². The fourth-order valence-electron chi connectivity index (χ4n) is 4.18. The summed E-state index contributed by atoms with van der Waals surface area (Å²) in [5.41, 5.74) is 0.428. The molecule has 2 aliphatic heterocycles. The number of nitrogens with zero attached hydrogens (tertiary/aromatic N) is 1. The first-order chi connectivity index (χ1) is 15.8. The molecule has 2 heterocycles. The van der Waals surface area contributed by atoms with Crippen molar-refractivity contribution in [1.82, 2.24) is 14.9 Å². The molecular formula is C22H35N3O7S. The van der Waals surface area contributed by atoms with Gasteiger partial charge in [-0.3, -0.25) is 4.79 Å². The lowest BCUT2D eigenvalue weighted by Crippen LogP contribution is -2.49. The van der Waals surface area contributed by atoms with Crippen LogP contribution < -0.4 is 24.2 Å². The Balaban J connectivity index is 1.54. The number of hydrogen-bond acceptors (Lipinski definition) is 8. The molecule has 0 bridgehead atoms. The zero-order chi connectivity index (χ0) is 23.8. The largest absolute Gasteiger partial charge is 0.493 e. The predicted octanol–water partition coefficient (Wildman–Crippen LogP) is 0.863. The Labute approximate surface area is 195 Å². The summed E-state index contributed by atoms with van der Waals surface area (Å²) in [6.45, 7) is 4.29. The van der Waals surface area contributed by atoms with Crippen molar-refractivity contribution >= 4 is 15.9 Å². The molecule has 0 aromatic heterocycles. The van der Waals surface area contributed by atoms with E-state index in [-0.39, 0.29) is 17.9 Å². The summed E-state index contributed by atoms with van der Waals surface area (Å²) in [6.07, 6.45) is 3.48. The maximum atomic E-state index is 13.0. The van der Waals surface area contributed by atoms with Crippen LogP contribution >= 0.6 is 0 Å². The smallest absolute Gasteiger partial charge is 0.255 e. The first kappa shape index (κ1) is 25.5. The van der Waals surface area contributed by atoms with Gasteiger partial charge in [-0.1, -0.05) is 0 Å². The quantitative estimate of drug-likeness (QED) is 0.469. The number of carbonyl (C=O) groups is 1. The molecule has 0 radical (unpaired) electrons. The normalized spacial score (nSPS) is 21.3. The number of hydrogen-bond donors (Lipinski definition) is 2. The van der Waals surface area contributed by atoms with Gasteiger partial charge in [0.15, 0.2) is 11.5 Å². The number of carbonyl (C=O) groups excluding carboxylic acids is 1. The SMILES string of the molecule is COc1ccc(C(=O)NCC2CCN(CCCNS(C)(=O)=O)C[C@H]2OC)c2c1OCCCO2. The van der Waals surface area contributed by atoms with Crippen molar-refractivity contribution in [3.8, 4) is 17.2 Å². The molecule has 10 nitrogen and oxygen atoms in total. The van der Waals surface area contributed by atoms with E-state index in [9.17, 15) is 13.2 Å². The Hall–Kier alpha value is -2.08. The van der Waals surface area contributed by atoms with E-state index in [0.717, 1.165) is 45.2 Å². The second kappa shape index (κ2) is 11.9. The number of fused-ring (bicyclic) bond motifs is 1. The maximum Gasteiger partial charge on any atom is 0.255 e. The number of piperidine rings is 1. The van der Waals surface area contributed by atoms with Gasteiger partial charge < -0.3 is 29.2 Å². The fraction of sp³-hybridized carbons (Fsp3) is 0.682. The molecule has 1 aromatic carbocycles. The molecule has 1 unspecified atom stereocenters. The molecule has 33 heavy (non-hydrogen) atoms. The average Bonchev–Trinajstić information content (AvgIpc) is 3.05. The molecule has 2 N–H and O–H groups in total. The van der Waals surface area contributed by atoms with E-state index in [4.69, 9.17) is 18.9 Å². The van der Waals surface area contributed by atoms with Crippen molar-refractivity contribution in [2.75, 3.05) is 66.4 Å². The first-order valence-electron chi connectivity index (χ1n) is 11.3. The van der Waals surface area contributed by atoms with Crippen molar-refractivity contribution in [2.24, 2.45) is 5.92 Å². The van der Waals surface area contributed by atoms with Crippen molar-refractivity contribution in [1.29, 1.82) is 0 Å². The van der Waals surface area contributed by atoms with Crippen LogP contribution in [0.1, 0.15) is 29.6 Å². The van der Waals surface area contributed by atoms with E-state index in [1.54, 1.807) is 26.4 Å². The van der Waals surface area contributed by atoms with Crippen molar-refractivity contribution in [3.05, 3.63) is 17.7 Å². The Morgan fingerprint density at radius 3 is 2.67 bits per heavy atom. The lowest BCUT2D eigenvalue weighted by Gasteiger charge is -2.38. The number of nitrogens with one attached hydrogen (secondary N) is 2. The molecule has 1 aromatic rings. The molecule has 0 aliphatic carbocycles. The molecular weight excluding hydrogens is 450 g/mol. The van der Waals surface area contributed by atoms with E-state index in [2.05, 4.69) is 14.9 Å². The number of benzene rings is 1. The predicted molar refractivity (Wildman–Crippen MR) is 124 cm³/mol. The van der Waals surface area contributed by atoms with Gasteiger partial charge in [0.05, 0.1) is 38.2 Å². The second-order valence-corrected chi connectivity index (χ2v) is 10.2. The first-order valence-corrected chi connectivity index (χ1v) is 13.2. The highest BCUT2D eigenvalue weighted by atomic mass is 32.2. The molecule has 1 amide bonds. The zero-order valence-corrected chi connectivity index (χ0v) is 20.4. The summed E-state index contributed by atoms with van der Waals surface area (Å²) < 4.78 is 47.5. The summed E-state index contributed by atoms with van der Waals surface area (Å²) >= 11 is 0. The van der Waals surface area contributed by atoms with Gasteiger partial charge in [0.2, 0.25) is 15.8 Å². The zero-order valence-electron chi connectivity index (χ0n) is 19.6. The molecule has 1 saturated heterocycles. The molecule has 3 rings (SSSR count). The second-order valence-electron chi connectivity index (χ2n) is 8.38. The van der Waals surface area contributed by atoms with Crippen LogP contribution in [0.15, 0.2) is 12.1 Å². The minimum Gasteiger partial charge on any atom is -0.493 e. The molecule has 186 valence electrons. The highest BCUT2D eigenvalue weighted by molar-refractivity contribution is 7.88. The minimum atomic E-state index is -3.16. The molecule has 1 fully saturated rings. The van der Waals surface area contributed by atoms with E-state index >= 15 is 0 Å². The van der Waals surface area contributed by atoms with Crippen molar-refractivity contribution < 1.29 is 32.2 Å². The Morgan fingerprint density at radius 2 is 1.97 bits per heavy atom. The van der Waals surface area contributed by atoms with Gasteiger partial charge in [0.25, 0.3) is 5.91 Å². The van der Waals surface area contributed by atoms with Crippen LogP contribution in [0.25, 0.3) is 0 Å². The summed E-state index contributed by atoms with van der Waals surface area (Å²) in [4.78, 5) is 15.3. The number of methoxy groups -OCH3 is 2. The number of amides is 1. The highest BCUT2D eigenvalue weighted by Gasteiger charge is 2.30. The average molecular weight is 486 g/mol. The number of sulfonamides is 1.